The van der Waals surface area contributed by atoms with Crippen LogP contribution in [0.15, 0.2) is 35.5 Å². The normalized spacial score (nSPS) is 39.5. The molecule has 170 valence electrons. The largest absolute Gasteiger partial charge is 0.393 e. The third kappa shape index (κ3) is 4.95. The lowest BCUT2D eigenvalue weighted by Crippen LogP contribution is -2.45. The molecule has 1 unspecified atom stereocenters. The van der Waals surface area contributed by atoms with Crippen molar-refractivity contribution in [2.75, 3.05) is 0 Å². The van der Waals surface area contributed by atoms with Gasteiger partial charge in [-0.2, -0.15) is 0 Å². The fraction of sp³-hybridized carbons (Fsp3) is 0.778. The Morgan fingerprint density at radius 1 is 1.23 bits per heavy atom. The summed E-state index contributed by atoms with van der Waals surface area (Å²) in [5, 5.41) is 31.6. The van der Waals surface area contributed by atoms with Crippen LogP contribution in [0.25, 0.3) is 0 Å². The maximum absolute atomic E-state index is 11.4. The number of rotatable bonds is 6. The average Bonchev–Trinajstić information content (AvgIpc) is 3.01. The van der Waals surface area contributed by atoms with E-state index in [2.05, 4.69) is 46.4 Å². The van der Waals surface area contributed by atoms with Gasteiger partial charge in [-0.25, -0.2) is 0 Å². The van der Waals surface area contributed by atoms with Crippen LogP contribution in [0.2, 0.25) is 0 Å². The molecule has 3 fully saturated rings. The molecular weight excluding hydrogens is 372 g/mol. The van der Waals surface area contributed by atoms with Gasteiger partial charge in [-0.3, -0.25) is 0 Å². The minimum absolute atomic E-state index is 0.159. The summed E-state index contributed by atoms with van der Waals surface area (Å²) < 4.78 is 0. The van der Waals surface area contributed by atoms with Crippen LogP contribution in [-0.4, -0.2) is 33.1 Å². The van der Waals surface area contributed by atoms with E-state index in [4.69, 9.17) is 0 Å². The molecule has 3 heteroatoms. The Labute approximate surface area is 184 Å². The summed E-state index contributed by atoms with van der Waals surface area (Å²) in [5.74, 6) is 1.57. The van der Waals surface area contributed by atoms with Crippen molar-refractivity contribution >= 4 is 0 Å². The van der Waals surface area contributed by atoms with Crippen LogP contribution in [-0.2, 0) is 0 Å². The predicted octanol–water partition coefficient (Wildman–Crippen LogP) is 5.70. The van der Waals surface area contributed by atoms with E-state index in [1.54, 1.807) is 0 Å². The third-order valence-corrected chi connectivity index (χ3v) is 8.44. The van der Waals surface area contributed by atoms with Gasteiger partial charge in [0.2, 0.25) is 0 Å². The van der Waals surface area contributed by atoms with Gasteiger partial charge in [0.1, 0.15) is 0 Å². The molecule has 0 aromatic rings. The molecule has 30 heavy (non-hydrogen) atoms. The van der Waals surface area contributed by atoms with Gasteiger partial charge in [0.15, 0.2) is 0 Å². The van der Waals surface area contributed by atoms with E-state index in [0.717, 1.165) is 43.3 Å². The molecule has 0 bridgehead atoms. The Bertz CT molecular complexity index is 686. The molecule has 0 saturated heterocycles. The zero-order chi connectivity index (χ0) is 22.1. The van der Waals surface area contributed by atoms with Crippen molar-refractivity contribution in [1.29, 1.82) is 0 Å². The van der Waals surface area contributed by atoms with E-state index >= 15 is 0 Å². The van der Waals surface area contributed by atoms with Crippen molar-refractivity contribution in [1.82, 2.24) is 0 Å². The molecule has 0 spiro atoms. The maximum Gasteiger partial charge on any atom is 0.0811 e. The monoisotopic (exact) mass is 416 g/mol. The average molecular weight is 417 g/mol. The molecule has 3 N–H and O–H groups in total. The van der Waals surface area contributed by atoms with Crippen LogP contribution in [0.1, 0.15) is 91.9 Å². The summed E-state index contributed by atoms with van der Waals surface area (Å²) in [6.45, 7) is 13.1. The fourth-order valence-corrected chi connectivity index (χ4v) is 6.77. The van der Waals surface area contributed by atoms with E-state index in [1.165, 1.54) is 24.8 Å². The van der Waals surface area contributed by atoms with Gasteiger partial charge in [0.25, 0.3) is 0 Å². The van der Waals surface area contributed by atoms with Crippen LogP contribution in [0.4, 0.5) is 0 Å². The zero-order valence-electron chi connectivity index (χ0n) is 19.7. The van der Waals surface area contributed by atoms with Crippen molar-refractivity contribution in [3.63, 3.8) is 0 Å². The lowest BCUT2D eigenvalue weighted by atomic mass is 9.59. The third-order valence-electron chi connectivity index (χ3n) is 8.44. The Balaban J connectivity index is 1.76. The number of hydrogen-bond acceptors (Lipinski definition) is 3. The summed E-state index contributed by atoms with van der Waals surface area (Å²) in [6.07, 6.45) is 13.1. The molecule has 0 aromatic heterocycles. The van der Waals surface area contributed by atoms with Crippen molar-refractivity contribution in [3.05, 3.63) is 35.5 Å². The molecule has 3 aliphatic rings. The number of hydrogen-bond donors (Lipinski definition) is 3. The highest BCUT2D eigenvalue weighted by molar-refractivity contribution is 5.38. The number of allylic oxidation sites excluding steroid dienone is 3. The maximum atomic E-state index is 11.4. The first-order valence-electron chi connectivity index (χ1n) is 12.2. The van der Waals surface area contributed by atoms with Crippen molar-refractivity contribution < 1.29 is 15.3 Å². The molecule has 3 rings (SSSR count). The van der Waals surface area contributed by atoms with E-state index in [9.17, 15) is 15.3 Å². The molecule has 0 aliphatic heterocycles. The van der Waals surface area contributed by atoms with Gasteiger partial charge in [-0.15, -0.1) is 0 Å². The number of aliphatic hydroxyl groups is 3. The highest BCUT2D eigenvalue weighted by Gasteiger charge is 2.54. The topological polar surface area (TPSA) is 60.7 Å². The van der Waals surface area contributed by atoms with Gasteiger partial charge in [0, 0.05) is 6.42 Å². The molecule has 3 nitrogen and oxygen atoms in total. The lowest BCUT2D eigenvalue weighted by Gasteiger charge is -2.47. The molecule has 0 radical (unpaired) electrons. The first-order chi connectivity index (χ1) is 14.0. The summed E-state index contributed by atoms with van der Waals surface area (Å²) in [7, 11) is 0. The van der Waals surface area contributed by atoms with Gasteiger partial charge in [0.05, 0.1) is 17.8 Å². The van der Waals surface area contributed by atoms with Crippen LogP contribution in [0.5, 0.6) is 0 Å². The molecule has 3 saturated carbocycles. The molecule has 6 atom stereocenters. The smallest absolute Gasteiger partial charge is 0.0811 e. The Hall–Kier alpha value is -0.900. The van der Waals surface area contributed by atoms with Crippen molar-refractivity contribution in [2.24, 2.45) is 23.2 Å². The predicted molar refractivity (Wildman–Crippen MR) is 124 cm³/mol. The second-order valence-electron chi connectivity index (χ2n) is 11.3. The molecule has 0 aromatic carbocycles. The van der Waals surface area contributed by atoms with Crippen molar-refractivity contribution in [2.45, 2.75) is 110 Å². The number of aliphatic hydroxyl groups excluding tert-OH is 2. The van der Waals surface area contributed by atoms with Crippen LogP contribution in [0, 0.1) is 23.2 Å². The Kier molecular flexibility index (Phi) is 7.37. The second kappa shape index (κ2) is 9.30. The van der Waals surface area contributed by atoms with Crippen LogP contribution < -0.4 is 0 Å². The van der Waals surface area contributed by atoms with E-state index < -0.39 is 17.8 Å². The van der Waals surface area contributed by atoms with Gasteiger partial charge < -0.3 is 15.3 Å². The van der Waals surface area contributed by atoms with E-state index in [-0.39, 0.29) is 5.41 Å². The lowest BCUT2D eigenvalue weighted by molar-refractivity contribution is -0.0657. The molecular formula is C27H44O3. The molecule has 0 amide bonds. The van der Waals surface area contributed by atoms with E-state index in [1.807, 2.05) is 0 Å². The fourth-order valence-electron chi connectivity index (χ4n) is 6.77. The minimum atomic E-state index is -0.633. The summed E-state index contributed by atoms with van der Waals surface area (Å²) in [5.41, 5.74) is 2.79. The number of fused-ring (bicyclic) bond motifs is 1. The van der Waals surface area contributed by atoms with Gasteiger partial charge in [-0.1, -0.05) is 57.9 Å². The highest BCUT2D eigenvalue weighted by Crippen LogP contribution is 2.60. The van der Waals surface area contributed by atoms with Crippen LogP contribution in [0.3, 0.4) is 0 Å². The van der Waals surface area contributed by atoms with Gasteiger partial charge >= 0.3 is 0 Å². The first kappa shape index (κ1) is 23.8. The zero-order valence-corrected chi connectivity index (χ0v) is 19.7. The second-order valence-corrected chi connectivity index (χ2v) is 11.3. The standard InChI is InChI=1S/C27H44O3/c1-18(2)8-6-15-27(5,30)25-13-12-23-20(9-7-14-26(23,25)4)10-11-21-16-22(28)17-24(29)19(21)3/h10-11,18,22-25,28-30H,3,6-9,12-17H2,1-2,4-5H3/t22-,23?,24+,25+,26+,27+/m1/s1. The van der Waals surface area contributed by atoms with Crippen molar-refractivity contribution in [3.8, 4) is 0 Å². The summed E-state index contributed by atoms with van der Waals surface area (Å²) in [6, 6.07) is 0. The Morgan fingerprint density at radius 2 is 1.97 bits per heavy atom. The van der Waals surface area contributed by atoms with E-state index in [0.29, 0.717) is 30.6 Å². The molecule has 3 aliphatic carbocycles. The molecule has 0 heterocycles. The summed E-state index contributed by atoms with van der Waals surface area (Å²) >= 11 is 0. The summed E-state index contributed by atoms with van der Waals surface area (Å²) in [4.78, 5) is 0. The van der Waals surface area contributed by atoms with Crippen LogP contribution >= 0.6 is 0 Å². The quantitative estimate of drug-likeness (QED) is 0.520. The first-order valence-corrected chi connectivity index (χ1v) is 12.2. The SMILES string of the molecule is C=C1C(=CC=C2CCC[C@@]3(C)C2CC[C@@H]3[C@@](C)(O)CCCC(C)C)C[C@@H](O)C[C@@H]1O. The van der Waals surface area contributed by atoms with Gasteiger partial charge in [-0.05, 0) is 86.2 Å². The highest BCUT2D eigenvalue weighted by atomic mass is 16.3. The minimum Gasteiger partial charge on any atom is -0.393 e. The Morgan fingerprint density at radius 3 is 2.67 bits per heavy atom.